The van der Waals surface area contributed by atoms with Crippen molar-refractivity contribution in [3.8, 4) is 5.75 Å². The zero-order valence-electron chi connectivity index (χ0n) is 10.8. The topological polar surface area (TPSA) is 38.7 Å². The highest BCUT2D eigenvalue weighted by Gasteiger charge is 2.20. The molecule has 1 heterocycles. The molecule has 1 fully saturated rings. The van der Waals surface area contributed by atoms with Gasteiger partial charge in [-0.1, -0.05) is 6.07 Å². The van der Waals surface area contributed by atoms with Crippen molar-refractivity contribution >= 4 is 0 Å². The van der Waals surface area contributed by atoms with Crippen LogP contribution in [-0.2, 0) is 10.3 Å². The third kappa shape index (κ3) is 3.21. The molecule has 0 spiro atoms. The number of halogens is 1. The fraction of sp³-hybridized carbons (Fsp3) is 0.571. The van der Waals surface area contributed by atoms with Crippen molar-refractivity contribution in [2.75, 3.05) is 13.2 Å². The van der Waals surface area contributed by atoms with Gasteiger partial charge in [-0.3, -0.25) is 0 Å². The second-order valence-electron chi connectivity index (χ2n) is 5.13. The summed E-state index contributed by atoms with van der Waals surface area (Å²) in [5, 5.41) is 9.80. The summed E-state index contributed by atoms with van der Waals surface area (Å²) in [6.45, 7) is 4.57. The van der Waals surface area contributed by atoms with Crippen molar-refractivity contribution in [1.29, 1.82) is 0 Å². The summed E-state index contributed by atoms with van der Waals surface area (Å²) < 4.78 is 24.7. The molecule has 18 heavy (non-hydrogen) atoms. The SMILES string of the molecule is CC(C)(O)c1ccc(OC2CCOCC2)c(F)c1. The largest absolute Gasteiger partial charge is 0.487 e. The zero-order valence-corrected chi connectivity index (χ0v) is 10.8. The van der Waals surface area contributed by atoms with Crippen LogP contribution in [0, 0.1) is 5.82 Å². The van der Waals surface area contributed by atoms with Crippen LogP contribution < -0.4 is 4.74 Å². The third-order valence-electron chi connectivity index (χ3n) is 3.10. The molecule has 100 valence electrons. The normalized spacial score (nSPS) is 17.8. The molecule has 3 nitrogen and oxygen atoms in total. The maximum atomic E-state index is 13.9. The highest BCUT2D eigenvalue weighted by atomic mass is 19.1. The first-order chi connectivity index (χ1) is 8.47. The predicted molar refractivity (Wildman–Crippen MR) is 66.1 cm³/mol. The summed E-state index contributed by atoms with van der Waals surface area (Å²) in [7, 11) is 0. The first kappa shape index (κ1) is 13.3. The van der Waals surface area contributed by atoms with E-state index in [0.29, 0.717) is 18.8 Å². The van der Waals surface area contributed by atoms with E-state index < -0.39 is 11.4 Å². The number of hydrogen-bond donors (Lipinski definition) is 1. The van der Waals surface area contributed by atoms with Gasteiger partial charge in [0.05, 0.1) is 18.8 Å². The van der Waals surface area contributed by atoms with Crippen molar-refractivity contribution in [1.82, 2.24) is 0 Å². The lowest BCUT2D eigenvalue weighted by molar-refractivity contribution is 0.0239. The fourth-order valence-electron chi connectivity index (χ4n) is 1.95. The van der Waals surface area contributed by atoms with Crippen molar-refractivity contribution in [2.24, 2.45) is 0 Å². The van der Waals surface area contributed by atoms with Gasteiger partial charge in [0, 0.05) is 12.8 Å². The molecule has 1 aromatic carbocycles. The fourth-order valence-corrected chi connectivity index (χ4v) is 1.95. The van der Waals surface area contributed by atoms with Gasteiger partial charge in [0.2, 0.25) is 0 Å². The van der Waals surface area contributed by atoms with Crippen LogP contribution in [0.3, 0.4) is 0 Å². The third-order valence-corrected chi connectivity index (χ3v) is 3.10. The predicted octanol–water partition coefficient (Wildman–Crippen LogP) is 2.61. The van der Waals surface area contributed by atoms with Crippen LogP contribution in [0.15, 0.2) is 18.2 Å². The monoisotopic (exact) mass is 254 g/mol. The smallest absolute Gasteiger partial charge is 0.165 e. The minimum atomic E-state index is -1.04. The van der Waals surface area contributed by atoms with E-state index in [2.05, 4.69) is 0 Å². The average molecular weight is 254 g/mol. The molecule has 1 saturated heterocycles. The molecule has 0 bridgehead atoms. The lowest BCUT2D eigenvalue weighted by atomic mass is 9.98. The Balaban J connectivity index is 2.09. The van der Waals surface area contributed by atoms with Gasteiger partial charge >= 0.3 is 0 Å². The van der Waals surface area contributed by atoms with Crippen LogP contribution in [0.4, 0.5) is 4.39 Å². The van der Waals surface area contributed by atoms with Crippen LogP contribution in [-0.4, -0.2) is 24.4 Å². The molecule has 1 N–H and O–H groups in total. The van der Waals surface area contributed by atoms with Gasteiger partial charge in [0.25, 0.3) is 0 Å². The number of benzene rings is 1. The molecule has 1 aliphatic heterocycles. The van der Waals surface area contributed by atoms with Gasteiger partial charge in [0.15, 0.2) is 11.6 Å². The summed E-state index contributed by atoms with van der Waals surface area (Å²) in [6, 6.07) is 4.60. The quantitative estimate of drug-likeness (QED) is 0.901. The van der Waals surface area contributed by atoms with Gasteiger partial charge in [0.1, 0.15) is 6.10 Å². The Bertz CT molecular complexity index is 406. The standard InChI is InChI=1S/C14H19FO3/c1-14(2,16)10-3-4-13(12(15)9-10)18-11-5-7-17-8-6-11/h3-4,9,11,16H,5-8H2,1-2H3. The maximum absolute atomic E-state index is 13.9. The van der Waals surface area contributed by atoms with E-state index in [9.17, 15) is 9.50 Å². The van der Waals surface area contributed by atoms with Crippen LogP contribution in [0.2, 0.25) is 0 Å². The average Bonchev–Trinajstić information content (AvgIpc) is 2.32. The highest BCUT2D eigenvalue weighted by Crippen LogP contribution is 2.27. The van der Waals surface area contributed by atoms with Crippen LogP contribution in [0.5, 0.6) is 5.75 Å². The molecule has 0 aliphatic carbocycles. The molecule has 0 aromatic heterocycles. The zero-order chi connectivity index (χ0) is 13.2. The molecule has 0 saturated carbocycles. The molecule has 0 atom stereocenters. The Morgan fingerprint density at radius 2 is 2.00 bits per heavy atom. The van der Waals surface area contributed by atoms with Crippen molar-refractivity contribution in [3.63, 3.8) is 0 Å². The Morgan fingerprint density at radius 3 is 2.56 bits per heavy atom. The molecule has 1 aliphatic rings. The summed E-state index contributed by atoms with van der Waals surface area (Å²) in [4.78, 5) is 0. The lowest BCUT2D eigenvalue weighted by Crippen LogP contribution is -2.26. The molecule has 2 rings (SSSR count). The van der Waals surface area contributed by atoms with E-state index in [-0.39, 0.29) is 11.9 Å². The van der Waals surface area contributed by atoms with E-state index in [1.807, 2.05) is 0 Å². The molecular weight excluding hydrogens is 235 g/mol. The summed E-state index contributed by atoms with van der Waals surface area (Å²) in [6.07, 6.45) is 1.58. The van der Waals surface area contributed by atoms with Gasteiger partial charge in [-0.05, 0) is 31.5 Å². The number of rotatable bonds is 3. The highest BCUT2D eigenvalue weighted by molar-refractivity contribution is 5.32. The first-order valence-corrected chi connectivity index (χ1v) is 6.23. The summed E-state index contributed by atoms with van der Waals surface area (Å²) >= 11 is 0. The Morgan fingerprint density at radius 1 is 1.33 bits per heavy atom. The summed E-state index contributed by atoms with van der Waals surface area (Å²) in [5.74, 6) is -0.184. The maximum Gasteiger partial charge on any atom is 0.165 e. The number of aliphatic hydroxyl groups is 1. The Labute approximate surface area is 107 Å². The van der Waals surface area contributed by atoms with Gasteiger partial charge in [-0.25, -0.2) is 4.39 Å². The molecule has 4 heteroatoms. The molecule has 1 aromatic rings. The second-order valence-corrected chi connectivity index (χ2v) is 5.13. The molecule has 0 radical (unpaired) electrons. The van der Waals surface area contributed by atoms with Gasteiger partial charge in [-0.15, -0.1) is 0 Å². The van der Waals surface area contributed by atoms with Crippen LogP contribution in [0.1, 0.15) is 32.3 Å². The minimum Gasteiger partial charge on any atom is -0.487 e. The van der Waals surface area contributed by atoms with E-state index in [0.717, 1.165) is 12.8 Å². The van der Waals surface area contributed by atoms with Crippen molar-refractivity contribution in [2.45, 2.75) is 38.4 Å². The van der Waals surface area contributed by atoms with Crippen molar-refractivity contribution < 1.29 is 19.0 Å². The van der Waals surface area contributed by atoms with Gasteiger partial charge < -0.3 is 14.6 Å². The van der Waals surface area contributed by atoms with Crippen LogP contribution in [0.25, 0.3) is 0 Å². The number of hydrogen-bond acceptors (Lipinski definition) is 3. The van der Waals surface area contributed by atoms with E-state index in [1.165, 1.54) is 6.07 Å². The van der Waals surface area contributed by atoms with E-state index >= 15 is 0 Å². The second kappa shape index (κ2) is 5.24. The van der Waals surface area contributed by atoms with E-state index in [4.69, 9.17) is 9.47 Å². The minimum absolute atomic E-state index is 0.0150. The van der Waals surface area contributed by atoms with Crippen molar-refractivity contribution in [3.05, 3.63) is 29.6 Å². The Kier molecular flexibility index (Phi) is 3.88. The van der Waals surface area contributed by atoms with Gasteiger partial charge in [-0.2, -0.15) is 0 Å². The summed E-state index contributed by atoms with van der Waals surface area (Å²) in [5.41, 5.74) is -0.503. The number of ether oxygens (including phenoxy) is 2. The first-order valence-electron chi connectivity index (χ1n) is 6.23. The van der Waals surface area contributed by atoms with E-state index in [1.54, 1.807) is 26.0 Å². The molecule has 0 unspecified atom stereocenters. The lowest BCUT2D eigenvalue weighted by Gasteiger charge is -2.24. The molecule has 0 amide bonds. The molecular formula is C14H19FO3. The van der Waals surface area contributed by atoms with Crippen LogP contribution >= 0.6 is 0 Å². The Hall–Kier alpha value is -1.13.